The summed E-state index contributed by atoms with van der Waals surface area (Å²) in [6.45, 7) is 5.98. The quantitative estimate of drug-likeness (QED) is 0.498. The summed E-state index contributed by atoms with van der Waals surface area (Å²) in [5.41, 5.74) is 5.46. The topological polar surface area (TPSA) is 61.9 Å². The van der Waals surface area contributed by atoms with Crippen molar-refractivity contribution in [2.75, 3.05) is 35.3 Å². The Kier molecular flexibility index (Phi) is 6.03. The minimum Gasteiger partial charge on any atom is -0.496 e. The number of ether oxygens (including phenoxy) is 1. The second-order valence-electron chi connectivity index (χ2n) is 9.05. The minimum atomic E-state index is -0.381. The number of nitrogens with one attached hydrogen (secondary N) is 1. The molecule has 0 bridgehead atoms. The fraction of sp³-hybridized carbons (Fsp3) is 0.241. The maximum Gasteiger partial charge on any atom is 0.282 e. The molecule has 0 spiro atoms. The number of anilines is 3. The number of methoxy groups -OCH3 is 1. The maximum absolute atomic E-state index is 13.8. The second kappa shape index (κ2) is 9.29. The zero-order chi connectivity index (χ0) is 24.5. The highest BCUT2D eigenvalue weighted by Crippen LogP contribution is 2.38. The van der Waals surface area contributed by atoms with Crippen LogP contribution in [0.3, 0.4) is 0 Å². The average molecular weight is 468 g/mol. The van der Waals surface area contributed by atoms with Gasteiger partial charge in [-0.2, -0.15) is 0 Å². The van der Waals surface area contributed by atoms with E-state index in [0.29, 0.717) is 22.6 Å². The Morgan fingerprint density at radius 3 is 2.29 bits per heavy atom. The van der Waals surface area contributed by atoms with Crippen LogP contribution >= 0.6 is 0 Å². The lowest BCUT2D eigenvalue weighted by Crippen LogP contribution is -2.33. The van der Waals surface area contributed by atoms with Gasteiger partial charge in [-0.05, 0) is 74.2 Å². The van der Waals surface area contributed by atoms with Gasteiger partial charge in [0.15, 0.2) is 0 Å². The Hall–Kier alpha value is -4.06. The third-order valence-corrected chi connectivity index (χ3v) is 6.67. The van der Waals surface area contributed by atoms with Gasteiger partial charge in [-0.1, -0.05) is 30.3 Å². The molecule has 2 heterocycles. The maximum atomic E-state index is 13.8. The van der Waals surface area contributed by atoms with Gasteiger partial charge in [0.1, 0.15) is 11.4 Å². The first-order valence-corrected chi connectivity index (χ1v) is 11.9. The summed E-state index contributed by atoms with van der Waals surface area (Å²) in [5.74, 6) is -0.215. The third kappa shape index (κ3) is 4.16. The summed E-state index contributed by atoms with van der Waals surface area (Å²) >= 11 is 0. The number of hydrogen-bond acceptors (Lipinski definition) is 5. The number of benzene rings is 3. The zero-order valence-corrected chi connectivity index (χ0v) is 20.3. The number of nitrogens with zero attached hydrogens (tertiary/aromatic N) is 2. The standard InChI is InChI=1S/C29H29N3O3/c1-19-10-11-20(2)24(18-19)32-28(33)26(23-8-4-5-9-25(23)35-3)27(29(32)34)30-21-12-14-22(15-13-21)31-16-6-7-17-31/h4-5,8-15,18,30H,6-7,16-17H2,1-3H3. The fourth-order valence-corrected chi connectivity index (χ4v) is 4.80. The number of carbonyl (C=O) groups is 2. The van der Waals surface area contributed by atoms with E-state index in [1.807, 2.05) is 62.4 Å². The largest absolute Gasteiger partial charge is 0.496 e. The van der Waals surface area contributed by atoms with Gasteiger partial charge in [0.05, 0.1) is 18.4 Å². The number of carbonyl (C=O) groups excluding carboxylic acids is 2. The molecule has 1 N–H and O–H groups in total. The van der Waals surface area contributed by atoms with Crippen molar-refractivity contribution >= 4 is 34.4 Å². The molecule has 1 saturated heterocycles. The molecule has 0 atom stereocenters. The van der Waals surface area contributed by atoms with Crippen molar-refractivity contribution < 1.29 is 14.3 Å². The predicted molar refractivity (Wildman–Crippen MR) is 140 cm³/mol. The SMILES string of the molecule is COc1ccccc1C1=C(Nc2ccc(N3CCCC3)cc2)C(=O)N(c2cc(C)ccc2C)C1=O. The highest BCUT2D eigenvalue weighted by Gasteiger charge is 2.41. The molecular weight excluding hydrogens is 438 g/mol. The summed E-state index contributed by atoms with van der Waals surface area (Å²) in [7, 11) is 1.56. The number of para-hydroxylation sites is 1. The van der Waals surface area contributed by atoms with Crippen LogP contribution in [0.4, 0.5) is 17.1 Å². The summed E-state index contributed by atoms with van der Waals surface area (Å²) in [4.78, 5) is 31.2. The highest BCUT2D eigenvalue weighted by molar-refractivity contribution is 6.46. The molecule has 0 aliphatic carbocycles. The number of aryl methyl sites for hydroxylation is 2. The van der Waals surface area contributed by atoms with Gasteiger partial charge < -0.3 is 15.0 Å². The normalized spacial score (nSPS) is 15.9. The van der Waals surface area contributed by atoms with Crippen LogP contribution in [0, 0.1) is 13.8 Å². The lowest BCUT2D eigenvalue weighted by Gasteiger charge is -2.19. The smallest absolute Gasteiger partial charge is 0.282 e. The summed E-state index contributed by atoms with van der Waals surface area (Å²) in [6.07, 6.45) is 2.42. The van der Waals surface area contributed by atoms with Crippen LogP contribution in [-0.2, 0) is 9.59 Å². The molecule has 6 heteroatoms. The lowest BCUT2D eigenvalue weighted by molar-refractivity contribution is -0.120. The molecule has 0 saturated carbocycles. The van der Waals surface area contributed by atoms with Crippen LogP contribution < -0.4 is 19.9 Å². The van der Waals surface area contributed by atoms with E-state index >= 15 is 0 Å². The first-order chi connectivity index (χ1) is 17.0. The van der Waals surface area contributed by atoms with Crippen molar-refractivity contribution in [1.29, 1.82) is 0 Å². The Labute approximate surface area is 205 Å². The van der Waals surface area contributed by atoms with Crippen molar-refractivity contribution in [2.24, 2.45) is 0 Å². The number of amides is 2. The molecule has 3 aromatic rings. The molecule has 6 nitrogen and oxygen atoms in total. The molecule has 2 aliphatic heterocycles. The van der Waals surface area contributed by atoms with Crippen LogP contribution in [0.5, 0.6) is 5.75 Å². The van der Waals surface area contributed by atoms with E-state index < -0.39 is 0 Å². The number of rotatable bonds is 6. The average Bonchev–Trinajstić information content (AvgIpc) is 3.49. The van der Waals surface area contributed by atoms with Gasteiger partial charge in [-0.25, -0.2) is 4.90 Å². The van der Waals surface area contributed by atoms with Crippen molar-refractivity contribution in [2.45, 2.75) is 26.7 Å². The lowest BCUT2D eigenvalue weighted by atomic mass is 10.0. The fourth-order valence-electron chi connectivity index (χ4n) is 4.80. The molecule has 0 radical (unpaired) electrons. The van der Waals surface area contributed by atoms with Crippen LogP contribution in [0.2, 0.25) is 0 Å². The van der Waals surface area contributed by atoms with Gasteiger partial charge in [-0.15, -0.1) is 0 Å². The molecule has 3 aromatic carbocycles. The van der Waals surface area contributed by atoms with E-state index in [2.05, 4.69) is 22.3 Å². The Bertz CT molecular complexity index is 1320. The van der Waals surface area contributed by atoms with E-state index in [1.165, 1.54) is 17.7 Å². The first-order valence-electron chi connectivity index (χ1n) is 11.9. The summed E-state index contributed by atoms with van der Waals surface area (Å²) in [5, 5.41) is 3.27. The molecule has 2 aliphatic rings. The Balaban J connectivity index is 1.57. The van der Waals surface area contributed by atoms with E-state index in [1.54, 1.807) is 13.2 Å². The van der Waals surface area contributed by atoms with Crippen molar-refractivity contribution in [3.63, 3.8) is 0 Å². The monoisotopic (exact) mass is 467 g/mol. The number of hydrogen-bond donors (Lipinski definition) is 1. The molecular formula is C29H29N3O3. The van der Waals surface area contributed by atoms with Gasteiger partial charge in [0.2, 0.25) is 0 Å². The van der Waals surface area contributed by atoms with Crippen LogP contribution in [0.25, 0.3) is 5.57 Å². The van der Waals surface area contributed by atoms with Crippen LogP contribution in [0.1, 0.15) is 29.5 Å². The molecule has 5 rings (SSSR count). The number of imide groups is 1. The molecule has 0 aromatic heterocycles. The van der Waals surface area contributed by atoms with Gasteiger partial charge >= 0.3 is 0 Å². The summed E-state index contributed by atoms with van der Waals surface area (Å²) < 4.78 is 5.55. The van der Waals surface area contributed by atoms with Crippen molar-refractivity contribution in [3.05, 3.63) is 89.1 Å². The van der Waals surface area contributed by atoms with Crippen molar-refractivity contribution in [1.82, 2.24) is 0 Å². The van der Waals surface area contributed by atoms with Gasteiger partial charge in [0, 0.05) is 30.0 Å². The molecule has 0 unspecified atom stereocenters. The van der Waals surface area contributed by atoms with Crippen LogP contribution in [0.15, 0.2) is 72.4 Å². The van der Waals surface area contributed by atoms with E-state index in [0.717, 1.165) is 35.6 Å². The zero-order valence-electron chi connectivity index (χ0n) is 20.3. The van der Waals surface area contributed by atoms with Gasteiger partial charge in [0.25, 0.3) is 11.8 Å². The van der Waals surface area contributed by atoms with Crippen molar-refractivity contribution in [3.8, 4) is 5.75 Å². The van der Waals surface area contributed by atoms with E-state index in [4.69, 9.17) is 4.74 Å². The molecule has 2 amide bonds. The van der Waals surface area contributed by atoms with Crippen LogP contribution in [-0.4, -0.2) is 32.0 Å². The highest BCUT2D eigenvalue weighted by atomic mass is 16.5. The second-order valence-corrected chi connectivity index (χ2v) is 9.05. The Morgan fingerprint density at radius 1 is 0.857 bits per heavy atom. The summed E-state index contributed by atoms with van der Waals surface area (Å²) in [6, 6.07) is 21.1. The van der Waals surface area contributed by atoms with E-state index in [-0.39, 0.29) is 17.5 Å². The molecule has 178 valence electrons. The third-order valence-electron chi connectivity index (χ3n) is 6.67. The predicted octanol–water partition coefficient (Wildman–Crippen LogP) is 5.31. The van der Waals surface area contributed by atoms with E-state index in [9.17, 15) is 9.59 Å². The first kappa shape index (κ1) is 22.7. The Morgan fingerprint density at radius 2 is 1.57 bits per heavy atom. The van der Waals surface area contributed by atoms with Gasteiger partial charge in [-0.3, -0.25) is 9.59 Å². The molecule has 1 fully saturated rings. The minimum absolute atomic E-state index is 0.245. The molecule has 35 heavy (non-hydrogen) atoms.